The summed E-state index contributed by atoms with van der Waals surface area (Å²) in [6.07, 6.45) is 4.12. The summed E-state index contributed by atoms with van der Waals surface area (Å²) in [4.78, 5) is 4.09. The van der Waals surface area contributed by atoms with E-state index >= 15 is 0 Å². The Bertz CT molecular complexity index is 262. The van der Waals surface area contributed by atoms with Crippen molar-refractivity contribution in [2.24, 2.45) is 0 Å². The predicted octanol–water partition coefficient (Wildman–Crippen LogP) is 3.90. The van der Waals surface area contributed by atoms with Crippen molar-refractivity contribution in [1.82, 2.24) is 4.98 Å². The van der Waals surface area contributed by atoms with Crippen LogP contribution >= 0.6 is 0 Å². The third kappa shape index (κ3) is 4.32. The topological polar surface area (TPSA) is 38.9 Å². The summed E-state index contributed by atoms with van der Waals surface area (Å²) >= 11 is 0. The van der Waals surface area contributed by atoms with E-state index in [1.165, 1.54) is 17.5 Å². The summed E-state index contributed by atoms with van der Waals surface area (Å²) in [6.45, 7) is 10.7. The molecule has 1 rings (SSSR count). The normalized spacial score (nSPS) is 11.5. The van der Waals surface area contributed by atoms with Gasteiger partial charge in [0.25, 0.3) is 0 Å². The van der Waals surface area contributed by atoms with Gasteiger partial charge in [0.05, 0.1) is 0 Å². The van der Waals surface area contributed by atoms with Gasteiger partial charge in [0, 0.05) is 6.20 Å². The standard InChI is InChI=1S/C10H16N2.C3H8/c1-4-7(2)9-8(3)5-6-12-10(9)11;1-3-2/h5-7H,4H2,1-3H3,(H2,11,12);3H2,1-2H3. The second-order valence-electron chi connectivity index (χ2n) is 3.94. The molecule has 0 aliphatic carbocycles. The second kappa shape index (κ2) is 7.27. The van der Waals surface area contributed by atoms with Crippen LogP contribution in [0.1, 0.15) is 57.6 Å². The number of nitrogens with zero attached hydrogens (tertiary/aromatic N) is 1. The van der Waals surface area contributed by atoms with Gasteiger partial charge in [-0.25, -0.2) is 4.98 Å². The largest absolute Gasteiger partial charge is 0.383 e. The summed E-state index contributed by atoms with van der Waals surface area (Å²) in [5.74, 6) is 1.20. The quantitative estimate of drug-likeness (QED) is 0.800. The summed E-state index contributed by atoms with van der Waals surface area (Å²) in [5.41, 5.74) is 8.24. The summed E-state index contributed by atoms with van der Waals surface area (Å²) < 4.78 is 0. The van der Waals surface area contributed by atoms with Crippen LogP contribution in [0.5, 0.6) is 0 Å². The smallest absolute Gasteiger partial charge is 0.127 e. The lowest BCUT2D eigenvalue weighted by molar-refractivity contribution is 0.727. The molecular formula is C13H24N2. The van der Waals surface area contributed by atoms with Crippen LogP contribution in [0.25, 0.3) is 0 Å². The van der Waals surface area contributed by atoms with E-state index < -0.39 is 0 Å². The Balaban J connectivity index is 0.000000583. The van der Waals surface area contributed by atoms with E-state index in [1.54, 1.807) is 6.20 Å². The molecule has 0 amide bonds. The third-order valence-corrected chi connectivity index (χ3v) is 2.34. The first kappa shape index (κ1) is 13.9. The van der Waals surface area contributed by atoms with Crippen LogP contribution in [0, 0.1) is 6.92 Å². The molecule has 2 heteroatoms. The molecule has 1 heterocycles. The first-order chi connectivity index (χ1) is 7.08. The summed E-state index contributed by atoms with van der Waals surface area (Å²) in [5, 5.41) is 0. The molecule has 1 atom stereocenters. The zero-order valence-electron chi connectivity index (χ0n) is 10.7. The number of aromatic nitrogens is 1. The molecular weight excluding hydrogens is 184 g/mol. The minimum Gasteiger partial charge on any atom is -0.383 e. The van der Waals surface area contributed by atoms with Crippen molar-refractivity contribution in [2.45, 2.75) is 53.4 Å². The maximum atomic E-state index is 5.79. The van der Waals surface area contributed by atoms with Gasteiger partial charge >= 0.3 is 0 Å². The van der Waals surface area contributed by atoms with Crippen LogP contribution in [0.2, 0.25) is 0 Å². The molecule has 0 radical (unpaired) electrons. The summed E-state index contributed by atoms with van der Waals surface area (Å²) in [6, 6.07) is 2.01. The number of anilines is 1. The number of nitrogens with two attached hydrogens (primary N) is 1. The average molecular weight is 208 g/mol. The minimum absolute atomic E-state index is 0.513. The van der Waals surface area contributed by atoms with E-state index in [1.807, 2.05) is 6.07 Å². The number of nitrogen functional groups attached to an aromatic ring is 1. The molecule has 15 heavy (non-hydrogen) atoms. The average Bonchev–Trinajstić information content (AvgIpc) is 2.18. The number of hydrogen-bond acceptors (Lipinski definition) is 2. The lowest BCUT2D eigenvalue weighted by Crippen LogP contribution is -2.03. The van der Waals surface area contributed by atoms with Crippen molar-refractivity contribution >= 4 is 5.82 Å². The van der Waals surface area contributed by atoms with Crippen LogP contribution in [0.4, 0.5) is 5.82 Å². The summed E-state index contributed by atoms with van der Waals surface area (Å²) in [7, 11) is 0. The molecule has 1 aromatic heterocycles. The molecule has 0 aliphatic heterocycles. The Morgan fingerprint density at radius 1 is 1.33 bits per heavy atom. The fourth-order valence-corrected chi connectivity index (χ4v) is 1.44. The van der Waals surface area contributed by atoms with Gasteiger partial charge < -0.3 is 5.73 Å². The Kier molecular flexibility index (Phi) is 6.76. The van der Waals surface area contributed by atoms with Crippen molar-refractivity contribution in [2.75, 3.05) is 5.73 Å². The molecule has 0 saturated heterocycles. The molecule has 0 bridgehead atoms. The molecule has 2 N–H and O–H groups in total. The molecule has 0 aromatic carbocycles. The minimum atomic E-state index is 0.513. The van der Waals surface area contributed by atoms with E-state index in [9.17, 15) is 0 Å². The molecule has 0 fully saturated rings. The highest BCUT2D eigenvalue weighted by atomic mass is 14.8. The van der Waals surface area contributed by atoms with Crippen LogP contribution < -0.4 is 5.73 Å². The zero-order valence-corrected chi connectivity index (χ0v) is 10.7. The highest BCUT2D eigenvalue weighted by molar-refractivity contribution is 5.45. The molecule has 0 spiro atoms. The van der Waals surface area contributed by atoms with Crippen molar-refractivity contribution in [3.8, 4) is 0 Å². The monoisotopic (exact) mass is 208 g/mol. The second-order valence-corrected chi connectivity index (χ2v) is 3.94. The van der Waals surface area contributed by atoms with E-state index in [-0.39, 0.29) is 0 Å². The van der Waals surface area contributed by atoms with Crippen LogP contribution in [-0.4, -0.2) is 4.98 Å². The molecule has 0 aliphatic rings. The van der Waals surface area contributed by atoms with Gasteiger partial charge in [0.2, 0.25) is 0 Å². The van der Waals surface area contributed by atoms with Crippen LogP contribution in [0.3, 0.4) is 0 Å². The van der Waals surface area contributed by atoms with Crippen LogP contribution in [0.15, 0.2) is 12.3 Å². The Hall–Kier alpha value is -1.05. The lowest BCUT2D eigenvalue weighted by Gasteiger charge is -2.13. The van der Waals surface area contributed by atoms with E-state index in [2.05, 4.69) is 39.6 Å². The van der Waals surface area contributed by atoms with Gasteiger partial charge in [-0.2, -0.15) is 0 Å². The number of aryl methyl sites for hydroxylation is 1. The highest BCUT2D eigenvalue weighted by Gasteiger charge is 2.09. The third-order valence-electron chi connectivity index (χ3n) is 2.34. The first-order valence-corrected chi connectivity index (χ1v) is 5.79. The highest BCUT2D eigenvalue weighted by Crippen LogP contribution is 2.25. The molecule has 86 valence electrons. The van der Waals surface area contributed by atoms with Gasteiger partial charge in [-0.1, -0.05) is 34.1 Å². The van der Waals surface area contributed by atoms with Gasteiger partial charge in [-0.05, 0) is 36.5 Å². The van der Waals surface area contributed by atoms with Gasteiger partial charge in [-0.3, -0.25) is 0 Å². The van der Waals surface area contributed by atoms with E-state index in [0.717, 1.165) is 6.42 Å². The van der Waals surface area contributed by atoms with Crippen molar-refractivity contribution in [1.29, 1.82) is 0 Å². The number of hydrogen-bond donors (Lipinski definition) is 1. The maximum absolute atomic E-state index is 5.79. The zero-order chi connectivity index (χ0) is 11.8. The Morgan fingerprint density at radius 2 is 1.87 bits per heavy atom. The molecule has 1 unspecified atom stereocenters. The van der Waals surface area contributed by atoms with Crippen molar-refractivity contribution in [3.05, 3.63) is 23.4 Å². The Morgan fingerprint density at radius 3 is 2.27 bits per heavy atom. The fourth-order valence-electron chi connectivity index (χ4n) is 1.44. The van der Waals surface area contributed by atoms with E-state index in [0.29, 0.717) is 11.7 Å². The predicted molar refractivity (Wildman–Crippen MR) is 68.1 cm³/mol. The van der Waals surface area contributed by atoms with Gasteiger partial charge in [-0.15, -0.1) is 0 Å². The van der Waals surface area contributed by atoms with Gasteiger partial charge in [0.15, 0.2) is 0 Å². The fraction of sp³-hybridized carbons (Fsp3) is 0.615. The molecule has 2 nitrogen and oxygen atoms in total. The van der Waals surface area contributed by atoms with E-state index in [4.69, 9.17) is 5.73 Å². The van der Waals surface area contributed by atoms with Crippen LogP contribution in [-0.2, 0) is 0 Å². The lowest BCUT2D eigenvalue weighted by atomic mass is 9.95. The number of rotatable bonds is 2. The SMILES string of the molecule is CCC.CCC(C)c1c(C)ccnc1N. The molecule has 0 saturated carbocycles. The van der Waals surface area contributed by atoms with Crippen molar-refractivity contribution < 1.29 is 0 Å². The maximum Gasteiger partial charge on any atom is 0.127 e. The van der Waals surface area contributed by atoms with Crippen molar-refractivity contribution in [3.63, 3.8) is 0 Å². The van der Waals surface area contributed by atoms with Gasteiger partial charge in [0.1, 0.15) is 5.82 Å². The first-order valence-electron chi connectivity index (χ1n) is 5.79. The number of pyridine rings is 1. The molecule has 1 aromatic rings. The Labute approximate surface area is 93.9 Å².